The van der Waals surface area contributed by atoms with Gasteiger partial charge in [-0.3, -0.25) is 9.78 Å². The van der Waals surface area contributed by atoms with Crippen LogP contribution in [-0.4, -0.2) is 34.1 Å². The number of hydrogen-bond acceptors (Lipinski definition) is 5. The standard InChI is InChI=1S/C22H33N3O4/c1-6-16-19(20(23)18(22(27)28)13(5)24-16)17(7-2)29-15-10-8-14(9-11-15)25-21(26)12(3)4/h7,12,14-15H,6,8-11H2,1-5H3,(H2,23,24)(H,25,26)(H,27,28)/b17-7+. The summed E-state index contributed by atoms with van der Waals surface area (Å²) in [5.74, 6) is -0.459. The molecule has 0 atom stereocenters. The molecule has 1 fully saturated rings. The van der Waals surface area contributed by atoms with E-state index in [1.807, 2.05) is 33.8 Å². The Balaban J connectivity index is 2.17. The van der Waals surface area contributed by atoms with Crippen LogP contribution in [0.2, 0.25) is 0 Å². The maximum Gasteiger partial charge on any atom is 0.339 e. The van der Waals surface area contributed by atoms with E-state index in [1.165, 1.54) is 0 Å². The first kappa shape index (κ1) is 22.7. The number of nitrogen functional groups attached to an aromatic ring is 1. The lowest BCUT2D eigenvalue weighted by Gasteiger charge is -2.31. The van der Waals surface area contributed by atoms with E-state index >= 15 is 0 Å². The topological polar surface area (TPSA) is 115 Å². The number of hydrogen-bond donors (Lipinski definition) is 3. The quantitative estimate of drug-likeness (QED) is 0.598. The monoisotopic (exact) mass is 403 g/mol. The molecule has 0 aliphatic heterocycles. The fourth-order valence-electron chi connectivity index (χ4n) is 3.73. The highest BCUT2D eigenvalue weighted by Crippen LogP contribution is 2.34. The maximum atomic E-state index is 11.9. The Morgan fingerprint density at radius 3 is 2.38 bits per heavy atom. The molecular formula is C22H33N3O4. The number of aromatic nitrogens is 1. The van der Waals surface area contributed by atoms with Gasteiger partial charge in [-0.25, -0.2) is 4.79 Å². The highest BCUT2D eigenvalue weighted by atomic mass is 16.5. The number of amides is 1. The SMILES string of the molecule is C/C=C(/OC1CCC(NC(=O)C(C)C)CC1)c1c(CC)nc(C)c(C(=O)O)c1N. The molecule has 1 aromatic rings. The fraction of sp³-hybridized carbons (Fsp3) is 0.591. The first-order chi connectivity index (χ1) is 13.7. The predicted molar refractivity (Wildman–Crippen MR) is 113 cm³/mol. The van der Waals surface area contributed by atoms with Crippen LogP contribution in [0.25, 0.3) is 5.76 Å². The van der Waals surface area contributed by atoms with Gasteiger partial charge in [0.05, 0.1) is 28.7 Å². The summed E-state index contributed by atoms with van der Waals surface area (Å²) in [5.41, 5.74) is 8.21. The molecule has 0 bridgehead atoms. The van der Waals surface area contributed by atoms with E-state index < -0.39 is 5.97 Å². The van der Waals surface area contributed by atoms with Crippen molar-refractivity contribution in [1.29, 1.82) is 0 Å². The summed E-state index contributed by atoms with van der Waals surface area (Å²) in [6, 6.07) is 0.176. The smallest absolute Gasteiger partial charge is 0.339 e. The van der Waals surface area contributed by atoms with Gasteiger partial charge >= 0.3 is 5.97 Å². The minimum absolute atomic E-state index is 0.00732. The molecule has 4 N–H and O–H groups in total. The third-order valence-electron chi connectivity index (χ3n) is 5.39. The molecule has 1 amide bonds. The van der Waals surface area contributed by atoms with Crippen molar-refractivity contribution < 1.29 is 19.4 Å². The van der Waals surface area contributed by atoms with Gasteiger partial charge in [-0.1, -0.05) is 20.8 Å². The number of nitrogens with one attached hydrogen (secondary N) is 1. The average Bonchev–Trinajstić information content (AvgIpc) is 2.67. The Bertz CT molecular complexity index is 794. The Labute approximate surface area is 172 Å². The van der Waals surface area contributed by atoms with Gasteiger partial charge < -0.3 is 20.9 Å². The second kappa shape index (κ2) is 9.76. The molecule has 0 unspecified atom stereocenters. The first-order valence-corrected chi connectivity index (χ1v) is 10.3. The number of aryl methyl sites for hydroxylation is 2. The largest absolute Gasteiger partial charge is 0.490 e. The fourth-order valence-corrected chi connectivity index (χ4v) is 3.73. The highest BCUT2D eigenvalue weighted by molar-refractivity contribution is 5.97. The van der Waals surface area contributed by atoms with Crippen LogP contribution in [0.3, 0.4) is 0 Å². The number of pyridine rings is 1. The van der Waals surface area contributed by atoms with Crippen molar-refractivity contribution >= 4 is 23.3 Å². The Hall–Kier alpha value is -2.57. The van der Waals surface area contributed by atoms with Crippen LogP contribution < -0.4 is 11.1 Å². The second-order valence-electron chi connectivity index (χ2n) is 7.87. The minimum atomic E-state index is -1.09. The number of rotatable bonds is 7. The molecule has 1 aromatic heterocycles. The molecule has 0 spiro atoms. The number of carbonyl (C=O) groups excluding carboxylic acids is 1. The summed E-state index contributed by atoms with van der Waals surface area (Å²) in [6.07, 6.45) is 5.76. The number of nitrogens with zero attached hydrogens (tertiary/aromatic N) is 1. The number of aromatic carboxylic acids is 1. The maximum absolute atomic E-state index is 11.9. The molecule has 2 rings (SSSR count). The van der Waals surface area contributed by atoms with Gasteiger partial charge in [-0.15, -0.1) is 0 Å². The molecule has 1 heterocycles. The van der Waals surface area contributed by atoms with Crippen LogP contribution >= 0.6 is 0 Å². The third kappa shape index (κ3) is 5.28. The van der Waals surface area contributed by atoms with Crippen molar-refractivity contribution in [2.45, 2.75) is 78.9 Å². The molecule has 0 radical (unpaired) electrons. The van der Waals surface area contributed by atoms with E-state index in [1.54, 1.807) is 6.92 Å². The van der Waals surface area contributed by atoms with Gasteiger partial charge in [-0.2, -0.15) is 0 Å². The molecule has 7 heteroatoms. The first-order valence-electron chi connectivity index (χ1n) is 10.3. The van der Waals surface area contributed by atoms with Gasteiger partial charge in [0, 0.05) is 12.0 Å². The molecule has 29 heavy (non-hydrogen) atoms. The van der Waals surface area contributed by atoms with Gasteiger partial charge in [0.1, 0.15) is 11.3 Å². The van der Waals surface area contributed by atoms with E-state index in [9.17, 15) is 14.7 Å². The molecule has 160 valence electrons. The number of carbonyl (C=O) groups is 2. The van der Waals surface area contributed by atoms with Crippen LogP contribution in [0, 0.1) is 12.8 Å². The Kier molecular flexibility index (Phi) is 7.65. The number of carboxylic acids is 1. The summed E-state index contributed by atoms with van der Waals surface area (Å²) in [6.45, 7) is 9.24. The van der Waals surface area contributed by atoms with E-state index in [0.717, 1.165) is 31.4 Å². The van der Waals surface area contributed by atoms with Crippen molar-refractivity contribution in [1.82, 2.24) is 10.3 Å². The lowest BCUT2D eigenvalue weighted by molar-refractivity contribution is -0.125. The summed E-state index contributed by atoms with van der Waals surface area (Å²) in [7, 11) is 0. The van der Waals surface area contributed by atoms with Crippen molar-refractivity contribution in [3.8, 4) is 0 Å². The van der Waals surface area contributed by atoms with E-state index in [2.05, 4.69) is 10.3 Å². The van der Waals surface area contributed by atoms with Gasteiger partial charge in [0.15, 0.2) is 0 Å². The molecular weight excluding hydrogens is 370 g/mol. The third-order valence-corrected chi connectivity index (χ3v) is 5.39. The normalized spacial score (nSPS) is 19.9. The average molecular weight is 404 g/mol. The van der Waals surface area contributed by atoms with Crippen molar-refractivity contribution in [2.75, 3.05) is 5.73 Å². The van der Waals surface area contributed by atoms with Crippen LogP contribution in [0.4, 0.5) is 5.69 Å². The van der Waals surface area contributed by atoms with Crippen LogP contribution in [0.1, 0.15) is 80.7 Å². The molecule has 0 saturated heterocycles. The zero-order valence-electron chi connectivity index (χ0n) is 18.0. The number of ether oxygens (including phenoxy) is 1. The Morgan fingerprint density at radius 1 is 1.28 bits per heavy atom. The molecule has 7 nitrogen and oxygen atoms in total. The van der Waals surface area contributed by atoms with Crippen LogP contribution in [-0.2, 0) is 16.0 Å². The minimum Gasteiger partial charge on any atom is -0.490 e. The molecule has 1 aliphatic carbocycles. The lowest BCUT2D eigenvalue weighted by atomic mass is 9.92. The van der Waals surface area contributed by atoms with E-state index in [0.29, 0.717) is 23.4 Å². The summed E-state index contributed by atoms with van der Waals surface area (Å²) in [5, 5.41) is 12.6. The van der Waals surface area contributed by atoms with Gasteiger partial charge in [-0.05, 0) is 52.0 Å². The lowest BCUT2D eigenvalue weighted by Crippen LogP contribution is -2.40. The van der Waals surface area contributed by atoms with E-state index in [4.69, 9.17) is 10.5 Å². The highest BCUT2D eigenvalue weighted by Gasteiger charge is 2.27. The summed E-state index contributed by atoms with van der Waals surface area (Å²) >= 11 is 0. The number of carboxylic acid groups (broad SMARTS) is 1. The van der Waals surface area contributed by atoms with Crippen molar-refractivity contribution in [3.63, 3.8) is 0 Å². The van der Waals surface area contributed by atoms with Crippen LogP contribution in [0.5, 0.6) is 0 Å². The van der Waals surface area contributed by atoms with Gasteiger partial charge in [0.2, 0.25) is 5.91 Å². The molecule has 0 aromatic carbocycles. The summed E-state index contributed by atoms with van der Waals surface area (Å²) in [4.78, 5) is 28.0. The van der Waals surface area contributed by atoms with Gasteiger partial charge in [0.25, 0.3) is 0 Å². The Morgan fingerprint density at radius 2 is 1.90 bits per heavy atom. The number of allylic oxidation sites excluding steroid dienone is 1. The van der Waals surface area contributed by atoms with Crippen molar-refractivity contribution in [2.24, 2.45) is 5.92 Å². The second-order valence-corrected chi connectivity index (χ2v) is 7.87. The zero-order valence-corrected chi connectivity index (χ0v) is 18.0. The molecule has 1 saturated carbocycles. The van der Waals surface area contributed by atoms with E-state index in [-0.39, 0.29) is 35.2 Å². The number of nitrogens with two attached hydrogens (primary N) is 1. The molecule has 1 aliphatic rings. The number of anilines is 1. The predicted octanol–water partition coefficient (Wildman–Crippen LogP) is 3.69. The van der Waals surface area contributed by atoms with Crippen LogP contribution in [0.15, 0.2) is 6.08 Å². The summed E-state index contributed by atoms with van der Waals surface area (Å²) < 4.78 is 6.26. The van der Waals surface area contributed by atoms with Crippen molar-refractivity contribution in [3.05, 3.63) is 28.6 Å². The zero-order chi connectivity index (χ0) is 21.7.